The molecule has 100 valence electrons. The summed E-state index contributed by atoms with van der Waals surface area (Å²) in [6, 6.07) is 14.8. The van der Waals surface area contributed by atoms with Crippen molar-refractivity contribution in [3.63, 3.8) is 0 Å². The topological polar surface area (TPSA) is 27.7 Å². The summed E-state index contributed by atoms with van der Waals surface area (Å²) in [5.74, 6) is 2.15. The molecule has 2 aromatic rings. The molecule has 4 heteroatoms. The van der Waals surface area contributed by atoms with E-state index in [2.05, 4.69) is 0 Å². The molecule has 0 unspecified atom stereocenters. The Kier molecular flexibility index (Phi) is 4.93. The van der Waals surface area contributed by atoms with Gasteiger partial charge < -0.3 is 14.2 Å². The Balaban J connectivity index is 1.81. The monoisotopic (exact) mass is 278 g/mol. The van der Waals surface area contributed by atoms with Gasteiger partial charge in [-0.25, -0.2) is 0 Å². The first-order valence-corrected chi connectivity index (χ1v) is 6.31. The van der Waals surface area contributed by atoms with Gasteiger partial charge in [-0.05, 0) is 30.3 Å². The molecule has 0 aliphatic carbocycles. The number of hydrogen-bond donors (Lipinski definition) is 0. The summed E-state index contributed by atoms with van der Waals surface area (Å²) < 4.78 is 16.3. The van der Waals surface area contributed by atoms with Crippen molar-refractivity contribution in [2.24, 2.45) is 0 Å². The van der Waals surface area contributed by atoms with E-state index < -0.39 is 0 Å². The lowest BCUT2D eigenvalue weighted by molar-refractivity contribution is 0.211. The Morgan fingerprint density at radius 2 is 1.63 bits per heavy atom. The van der Waals surface area contributed by atoms with E-state index in [0.29, 0.717) is 29.7 Å². The van der Waals surface area contributed by atoms with Gasteiger partial charge >= 0.3 is 0 Å². The summed E-state index contributed by atoms with van der Waals surface area (Å²) in [6.45, 7) is 0.880. The predicted molar refractivity (Wildman–Crippen MR) is 75.4 cm³/mol. The van der Waals surface area contributed by atoms with Crippen LogP contribution in [0.2, 0.25) is 5.02 Å². The van der Waals surface area contributed by atoms with E-state index in [0.717, 1.165) is 5.75 Å². The summed E-state index contributed by atoms with van der Waals surface area (Å²) in [5, 5.41) is 0.656. The van der Waals surface area contributed by atoms with E-state index in [1.54, 1.807) is 19.2 Å². The minimum atomic E-state index is 0.437. The molecular weight excluding hydrogens is 264 g/mol. The maximum absolute atomic E-state index is 5.87. The van der Waals surface area contributed by atoms with Crippen molar-refractivity contribution in [2.75, 3.05) is 20.3 Å². The Hall–Kier alpha value is -1.87. The number of benzene rings is 2. The molecule has 0 heterocycles. The molecule has 0 aliphatic rings. The smallest absolute Gasteiger partial charge is 0.161 e. The standard InChI is InChI=1S/C15H15ClO3/c1-17-14-7-2-3-8-15(14)19-10-9-18-13-6-4-5-12(16)11-13/h2-8,11H,9-10H2,1H3. The van der Waals surface area contributed by atoms with Crippen molar-refractivity contribution in [3.05, 3.63) is 53.6 Å². The van der Waals surface area contributed by atoms with Crippen LogP contribution in [0.15, 0.2) is 48.5 Å². The average Bonchev–Trinajstić information content (AvgIpc) is 2.44. The molecule has 0 aliphatic heterocycles. The second-order valence-electron chi connectivity index (χ2n) is 3.81. The van der Waals surface area contributed by atoms with Gasteiger partial charge in [0.05, 0.1) is 7.11 Å². The van der Waals surface area contributed by atoms with Crippen LogP contribution in [-0.2, 0) is 0 Å². The summed E-state index contributed by atoms with van der Waals surface area (Å²) in [7, 11) is 1.62. The first-order valence-electron chi connectivity index (χ1n) is 5.94. The minimum absolute atomic E-state index is 0.437. The quantitative estimate of drug-likeness (QED) is 0.752. The van der Waals surface area contributed by atoms with Gasteiger partial charge in [-0.15, -0.1) is 0 Å². The van der Waals surface area contributed by atoms with E-state index in [1.807, 2.05) is 36.4 Å². The zero-order chi connectivity index (χ0) is 13.5. The molecule has 2 rings (SSSR count). The Morgan fingerprint density at radius 1 is 0.895 bits per heavy atom. The van der Waals surface area contributed by atoms with Gasteiger partial charge in [0.25, 0.3) is 0 Å². The first-order chi connectivity index (χ1) is 9.29. The molecule has 0 atom stereocenters. The first kappa shape index (κ1) is 13.6. The largest absolute Gasteiger partial charge is 0.493 e. The highest BCUT2D eigenvalue weighted by atomic mass is 35.5. The predicted octanol–water partition coefficient (Wildman–Crippen LogP) is 3.81. The lowest BCUT2D eigenvalue weighted by Crippen LogP contribution is -2.09. The van der Waals surface area contributed by atoms with E-state index >= 15 is 0 Å². The maximum atomic E-state index is 5.87. The second-order valence-corrected chi connectivity index (χ2v) is 4.24. The molecule has 0 N–H and O–H groups in total. The second kappa shape index (κ2) is 6.90. The number of halogens is 1. The average molecular weight is 279 g/mol. The van der Waals surface area contributed by atoms with E-state index in [9.17, 15) is 0 Å². The van der Waals surface area contributed by atoms with Crippen LogP contribution in [0.4, 0.5) is 0 Å². The third-order valence-corrected chi connectivity index (χ3v) is 2.71. The Bertz CT molecular complexity index is 528. The van der Waals surface area contributed by atoms with Crippen LogP contribution < -0.4 is 14.2 Å². The van der Waals surface area contributed by atoms with Crippen molar-refractivity contribution in [2.45, 2.75) is 0 Å². The molecule has 0 spiro atoms. The zero-order valence-corrected chi connectivity index (χ0v) is 11.4. The summed E-state index contributed by atoms with van der Waals surface area (Å²) in [5.41, 5.74) is 0. The zero-order valence-electron chi connectivity index (χ0n) is 10.6. The summed E-state index contributed by atoms with van der Waals surface area (Å²) in [4.78, 5) is 0. The minimum Gasteiger partial charge on any atom is -0.493 e. The molecule has 0 bridgehead atoms. The SMILES string of the molecule is COc1ccccc1OCCOc1cccc(Cl)c1. The van der Waals surface area contributed by atoms with Crippen molar-refractivity contribution in [1.82, 2.24) is 0 Å². The molecular formula is C15H15ClO3. The third kappa shape index (κ3) is 4.07. The normalized spacial score (nSPS) is 10.0. The highest BCUT2D eigenvalue weighted by Gasteiger charge is 2.02. The number of rotatable bonds is 6. The van der Waals surface area contributed by atoms with Gasteiger partial charge in [0.1, 0.15) is 19.0 Å². The molecule has 0 amide bonds. The molecule has 3 nitrogen and oxygen atoms in total. The fraction of sp³-hybridized carbons (Fsp3) is 0.200. The van der Waals surface area contributed by atoms with Gasteiger partial charge in [0.2, 0.25) is 0 Å². The molecule has 19 heavy (non-hydrogen) atoms. The molecule has 0 saturated heterocycles. The van der Waals surface area contributed by atoms with Gasteiger partial charge in [-0.1, -0.05) is 29.8 Å². The fourth-order valence-electron chi connectivity index (χ4n) is 1.61. The highest BCUT2D eigenvalue weighted by molar-refractivity contribution is 6.30. The van der Waals surface area contributed by atoms with E-state index in [1.165, 1.54) is 0 Å². The molecule has 2 aromatic carbocycles. The van der Waals surface area contributed by atoms with Crippen LogP contribution in [0, 0.1) is 0 Å². The number of para-hydroxylation sites is 2. The van der Waals surface area contributed by atoms with Gasteiger partial charge in [-0.3, -0.25) is 0 Å². The summed E-state index contributed by atoms with van der Waals surface area (Å²) in [6.07, 6.45) is 0. The van der Waals surface area contributed by atoms with Gasteiger partial charge in [-0.2, -0.15) is 0 Å². The number of methoxy groups -OCH3 is 1. The highest BCUT2D eigenvalue weighted by Crippen LogP contribution is 2.25. The van der Waals surface area contributed by atoms with Crippen LogP contribution in [0.1, 0.15) is 0 Å². The van der Waals surface area contributed by atoms with Crippen molar-refractivity contribution in [1.29, 1.82) is 0 Å². The van der Waals surface area contributed by atoms with Crippen LogP contribution in [0.5, 0.6) is 17.2 Å². The fourth-order valence-corrected chi connectivity index (χ4v) is 1.79. The van der Waals surface area contributed by atoms with Crippen LogP contribution in [0.3, 0.4) is 0 Å². The molecule has 0 radical (unpaired) electrons. The lowest BCUT2D eigenvalue weighted by atomic mass is 10.3. The summed E-state index contributed by atoms with van der Waals surface area (Å²) >= 11 is 5.87. The van der Waals surface area contributed by atoms with Crippen LogP contribution >= 0.6 is 11.6 Å². The van der Waals surface area contributed by atoms with Gasteiger partial charge in [0.15, 0.2) is 11.5 Å². The molecule has 0 fully saturated rings. The van der Waals surface area contributed by atoms with Crippen molar-refractivity contribution >= 4 is 11.6 Å². The third-order valence-electron chi connectivity index (χ3n) is 2.47. The number of ether oxygens (including phenoxy) is 3. The Labute approximate surface area is 117 Å². The van der Waals surface area contributed by atoms with Crippen LogP contribution in [-0.4, -0.2) is 20.3 Å². The van der Waals surface area contributed by atoms with Crippen LogP contribution in [0.25, 0.3) is 0 Å². The Morgan fingerprint density at radius 3 is 2.37 bits per heavy atom. The number of hydrogen-bond acceptors (Lipinski definition) is 3. The van der Waals surface area contributed by atoms with E-state index in [-0.39, 0.29) is 0 Å². The molecule has 0 saturated carbocycles. The van der Waals surface area contributed by atoms with Gasteiger partial charge in [0, 0.05) is 5.02 Å². The van der Waals surface area contributed by atoms with Crippen molar-refractivity contribution < 1.29 is 14.2 Å². The maximum Gasteiger partial charge on any atom is 0.161 e. The van der Waals surface area contributed by atoms with E-state index in [4.69, 9.17) is 25.8 Å². The lowest BCUT2D eigenvalue weighted by Gasteiger charge is -2.11. The van der Waals surface area contributed by atoms with Crippen molar-refractivity contribution in [3.8, 4) is 17.2 Å². The molecule has 0 aromatic heterocycles.